The van der Waals surface area contributed by atoms with Crippen LogP contribution in [0.5, 0.6) is 0 Å². The highest BCUT2D eigenvalue weighted by Crippen LogP contribution is 2.28. The number of rotatable bonds is 5. The number of hydrogen-bond acceptors (Lipinski definition) is 8. The van der Waals surface area contributed by atoms with Crippen LogP contribution in [-0.4, -0.2) is 20.4 Å². The maximum atomic E-state index is 5.64. The molecule has 0 aliphatic carbocycles. The van der Waals surface area contributed by atoms with Gasteiger partial charge < -0.3 is 13.3 Å². The summed E-state index contributed by atoms with van der Waals surface area (Å²) in [7, 11) is 0. The lowest BCUT2D eigenvalue weighted by atomic mass is 10.2. The van der Waals surface area contributed by atoms with Crippen LogP contribution < -0.4 is 0 Å². The topological polar surface area (TPSA) is 91.0 Å². The second kappa shape index (κ2) is 6.32. The minimum Gasteiger partial charge on any atom is -0.469 e. The van der Waals surface area contributed by atoms with Crippen LogP contribution in [0.1, 0.15) is 11.7 Å². The summed E-state index contributed by atoms with van der Waals surface area (Å²) in [5.74, 6) is 2.61. The molecule has 7 nitrogen and oxygen atoms in total. The second-order valence-electron chi connectivity index (χ2n) is 4.92. The largest absolute Gasteiger partial charge is 0.469 e. The van der Waals surface area contributed by atoms with Gasteiger partial charge in [0.1, 0.15) is 5.76 Å². The second-order valence-corrected chi connectivity index (χ2v) is 5.85. The van der Waals surface area contributed by atoms with E-state index in [1.165, 1.54) is 11.8 Å². The molecule has 1 aromatic carbocycles. The van der Waals surface area contributed by atoms with Crippen LogP contribution in [0.15, 0.2) is 61.1 Å². The van der Waals surface area contributed by atoms with E-state index in [4.69, 9.17) is 13.3 Å². The van der Waals surface area contributed by atoms with Gasteiger partial charge in [-0.1, -0.05) is 30.0 Å². The molecule has 0 saturated heterocycles. The van der Waals surface area contributed by atoms with Gasteiger partial charge in [0.25, 0.3) is 11.1 Å². The van der Waals surface area contributed by atoms with Crippen molar-refractivity contribution in [3.8, 4) is 22.9 Å². The Labute approximate surface area is 141 Å². The predicted molar refractivity (Wildman–Crippen MR) is 86.0 cm³/mol. The van der Waals surface area contributed by atoms with E-state index in [1.807, 2.05) is 37.3 Å². The Bertz CT molecular complexity index is 945. The Morgan fingerprint density at radius 1 is 0.917 bits per heavy atom. The molecular weight excluding hydrogens is 328 g/mol. The average molecular weight is 340 g/mol. The lowest BCUT2D eigenvalue weighted by Crippen LogP contribution is -1.80. The maximum absolute atomic E-state index is 5.64. The van der Waals surface area contributed by atoms with Crippen molar-refractivity contribution < 1.29 is 13.3 Å². The van der Waals surface area contributed by atoms with E-state index in [9.17, 15) is 0 Å². The molecule has 3 aromatic heterocycles. The first-order chi connectivity index (χ1) is 11.8. The highest BCUT2D eigenvalue weighted by molar-refractivity contribution is 7.98. The normalized spacial score (nSPS) is 11.0. The molecule has 0 atom stereocenters. The van der Waals surface area contributed by atoms with E-state index in [1.54, 1.807) is 12.3 Å². The molecule has 4 rings (SSSR count). The van der Waals surface area contributed by atoms with Crippen molar-refractivity contribution in [3.05, 3.63) is 54.3 Å². The summed E-state index contributed by atoms with van der Waals surface area (Å²) in [5, 5.41) is 16.5. The molecule has 0 saturated carbocycles. The summed E-state index contributed by atoms with van der Waals surface area (Å²) in [5.41, 5.74) is 1.68. The van der Waals surface area contributed by atoms with Crippen LogP contribution in [0.2, 0.25) is 0 Å². The Kier molecular flexibility index (Phi) is 3.87. The number of aromatic nitrogens is 4. The third kappa shape index (κ3) is 2.95. The van der Waals surface area contributed by atoms with Gasteiger partial charge in [-0.3, -0.25) is 0 Å². The van der Waals surface area contributed by atoms with Gasteiger partial charge in [-0.05, 0) is 25.1 Å². The van der Waals surface area contributed by atoms with Crippen LogP contribution in [0.3, 0.4) is 0 Å². The smallest absolute Gasteiger partial charge is 0.277 e. The van der Waals surface area contributed by atoms with Gasteiger partial charge in [-0.2, -0.15) is 0 Å². The number of furan rings is 1. The zero-order valence-corrected chi connectivity index (χ0v) is 13.5. The molecule has 0 unspecified atom stereocenters. The fraction of sp³-hybridized carbons (Fsp3) is 0.125. The maximum Gasteiger partial charge on any atom is 0.277 e. The first-order valence-electron chi connectivity index (χ1n) is 7.18. The molecule has 8 heteroatoms. The Balaban J connectivity index is 1.44. The first kappa shape index (κ1) is 14.7. The number of aryl methyl sites for hydroxylation is 1. The van der Waals surface area contributed by atoms with Crippen LogP contribution >= 0.6 is 11.8 Å². The zero-order valence-electron chi connectivity index (χ0n) is 12.7. The van der Waals surface area contributed by atoms with E-state index in [-0.39, 0.29) is 0 Å². The van der Waals surface area contributed by atoms with Gasteiger partial charge >= 0.3 is 0 Å². The van der Waals surface area contributed by atoms with Gasteiger partial charge in [0.2, 0.25) is 11.8 Å². The van der Waals surface area contributed by atoms with Crippen molar-refractivity contribution in [2.45, 2.75) is 17.9 Å². The lowest BCUT2D eigenvalue weighted by molar-refractivity contribution is 0.462. The third-order valence-electron chi connectivity index (χ3n) is 3.30. The van der Waals surface area contributed by atoms with E-state index in [0.717, 1.165) is 16.9 Å². The molecule has 0 N–H and O–H groups in total. The van der Waals surface area contributed by atoms with Crippen molar-refractivity contribution in [1.82, 2.24) is 20.4 Å². The van der Waals surface area contributed by atoms with Gasteiger partial charge in [-0.15, -0.1) is 20.4 Å². The summed E-state index contributed by atoms with van der Waals surface area (Å²) in [6, 6.07) is 11.4. The van der Waals surface area contributed by atoms with Crippen molar-refractivity contribution in [2.75, 3.05) is 0 Å². The Morgan fingerprint density at radius 3 is 2.54 bits per heavy atom. The van der Waals surface area contributed by atoms with Gasteiger partial charge in [0, 0.05) is 5.56 Å². The summed E-state index contributed by atoms with van der Waals surface area (Å²) in [4.78, 5) is 0. The SMILES string of the molecule is Cc1occc1-c1nnc(SCc2nnc(-c3ccccc3)o2)o1. The van der Waals surface area contributed by atoms with Gasteiger partial charge in [0.15, 0.2) is 0 Å². The number of benzene rings is 1. The zero-order chi connectivity index (χ0) is 16.4. The molecule has 3 heterocycles. The van der Waals surface area contributed by atoms with Crippen molar-refractivity contribution in [2.24, 2.45) is 0 Å². The number of nitrogens with zero attached hydrogens (tertiary/aromatic N) is 4. The van der Waals surface area contributed by atoms with Crippen molar-refractivity contribution >= 4 is 11.8 Å². The summed E-state index contributed by atoms with van der Waals surface area (Å²) in [6.45, 7) is 1.84. The molecule has 0 bridgehead atoms. The summed E-state index contributed by atoms with van der Waals surface area (Å²) in [6.07, 6.45) is 1.59. The van der Waals surface area contributed by atoms with E-state index in [0.29, 0.717) is 28.6 Å². The van der Waals surface area contributed by atoms with E-state index < -0.39 is 0 Å². The third-order valence-corrected chi connectivity index (χ3v) is 4.11. The summed E-state index contributed by atoms with van der Waals surface area (Å²) >= 11 is 1.34. The number of thioether (sulfide) groups is 1. The van der Waals surface area contributed by atoms with Crippen molar-refractivity contribution in [1.29, 1.82) is 0 Å². The van der Waals surface area contributed by atoms with Crippen LogP contribution in [0, 0.1) is 6.92 Å². The van der Waals surface area contributed by atoms with Gasteiger partial charge in [-0.25, -0.2) is 0 Å². The molecule has 0 spiro atoms. The highest BCUT2D eigenvalue weighted by Gasteiger charge is 2.15. The molecule has 0 aliphatic rings. The highest BCUT2D eigenvalue weighted by atomic mass is 32.2. The van der Waals surface area contributed by atoms with E-state index >= 15 is 0 Å². The molecule has 0 aliphatic heterocycles. The standard InChI is InChI=1S/C16H12N4O3S/c1-10-12(7-8-21-10)15-19-20-16(23-15)24-9-13-17-18-14(22-13)11-5-3-2-4-6-11/h2-8H,9H2,1H3. The monoisotopic (exact) mass is 340 g/mol. The Hall–Kier alpha value is -2.87. The molecule has 0 amide bonds. The molecule has 24 heavy (non-hydrogen) atoms. The molecular formula is C16H12N4O3S. The molecule has 0 fully saturated rings. The molecule has 0 radical (unpaired) electrons. The molecule has 4 aromatic rings. The quantitative estimate of drug-likeness (QED) is 0.504. The fourth-order valence-corrected chi connectivity index (χ4v) is 2.72. The molecule has 120 valence electrons. The van der Waals surface area contributed by atoms with Crippen LogP contribution in [0.4, 0.5) is 0 Å². The van der Waals surface area contributed by atoms with Crippen LogP contribution in [-0.2, 0) is 5.75 Å². The lowest BCUT2D eigenvalue weighted by Gasteiger charge is -1.93. The Morgan fingerprint density at radius 2 is 1.75 bits per heavy atom. The van der Waals surface area contributed by atoms with Crippen LogP contribution in [0.25, 0.3) is 22.9 Å². The minimum atomic E-state index is 0.430. The fourth-order valence-electron chi connectivity index (χ4n) is 2.12. The first-order valence-corrected chi connectivity index (χ1v) is 8.17. The summed E-state index contributed by atoms with van der Waals surface area (Å²) < 4.78 is 16.5. The average Bonchev–Trinajstić information content (AvgIpc) is 3.34. The minimum absolute atomic E-state index is 0.430. The van der Waals surface area contributed by atoms with Gasteiger partial charge in [0.05, 0.1) is 17.6 Å². The van der Waals surface area contributed by atoms with E-state index in [2.05, 4.69) is 20.4 Å². The van der Waals surface area contributed by atoms with Crippen molar-refractivity contribution in [3.63, 3.8) is 0 Å². The number of hydrogen-bond donors (Lipinski definition) is 0. The predicted octanol–water partition coefficient (Wildman–Crippen LogP) is 3.98.